The number of carbonyl (C=O) groups is 3. The summed E-state index contributed by atoms with van der Waals surface area (Å²) in [6.07, 6.45) is 4.05. The molecule has 138 valence electrons. The van der Waals surface area contributed by atoms with E-state index >= 15 is 0 Å². The minimum absolute atomic E-state index is 0.0374. The van der Waals surface area contributed by atoms with Crippen molar-refractivity contribution in [3.05, 3.63) is 64.4 Å². The first-order valence-corrected chi connectivity index (χ1v) is 8.88. The third-order valence-corrected chi connectivity index (χ3v) is 4.99. The van der Waals surface area contributed by atoms with E-state index in [1.54, 1.807) is 0 Å². The maximum Gasteiger partial charge on any atom is 0.331 e. The largest absolute Gasteiger partial charge is 0.459 e. The van der Waals surface area contributed by atoms with Gasteiger partial charge in [-0.3, -0.25) is 20.4 Å². The lowest BCUT2D eigenvalue weighted by molar-refractivity contribution is -0.144. The van der Waals surface area contributed by atoms with Crippen molar-refractivity contribution in [1.82, 2.24) is 10.9 Å². The first-order valence-electron chi connectivity index (χ1n) is 7.69. The molecule has 1 aromatic carbocycles. The maximum atomic E-state index is 11.7. The molecule has 7 nitrogen and oxygen atoms in total. The summed E-state index contributed by atoms with van der Waals surface area (Å²) in [5.41, 5.74) is 4.24. The second-order valence-electron chi connectivity index (χ2n) is 5.20. The molecule has 3 aromatic rings. The fourth-order valence-corrected chi connectivity index (χ4v) is 3.50. The summed E-state index contributed by atoms with van der Waals surface area (Å²) in [6.45, 7) is -0.554. The standard InChI is InChI=1S/C18H13ClN2O5S/c19-17-11-4-1-2-6-13(11)27-14(17)7-8-16(23)26-10-15(22)20-21-18(24)12-5-3-9-25-12/h1-9H,10H2,(H,20,22)(H,21,24)/b8-7+. The minimum atomic E-state index is -0.712. The summed E-state index contributed by atoms with van der Waals surface area (Å²) in [5, 5.41) is 1.46. The highest BCUT2D eigenvalue weighted by molar-refractivity contribution is 7.20. The number of benzene rings is 1. The molecule has 0 saturated heterocycles. The Kier molecular flexibility index (Phi) is 5.90. The predicted octanol–water partition coefficient (Wildman–Crippen LogP) is 3.17. The van der Waals surface area contributed by atoms with E-state index < -0.39 is 24.4 Å². The van der Waals surface area contributed by atoms with Gasteiger partial charge in [0.15, 0.2) is 12.4 Å². The normalized spacial score (nSPS) is 10.9. The van der Waals surface area contributed by atoms with Crippen LogP contribution >= 0.6 is 22.9 Å². The highest BCUT2D eigenvalue weighted by Crippen LogP contribution is 2.35. The fourth-order valence-electron chi connectivity index (χ4n) is 2.10. The van der Waals surface area contributed by atoms with E-state index in [2.05, 4.69) is 10.9 Å². The van der Waals surface area contributed by atoms with Crippen molar-refractivity contribution in [2.45, 2.75) is 0 Å². The molecule has 0 radical (unpaired) electrons. The van der Waals surface area contributed by atoms with E-state index in [4.69, 9.17) is 20.8 Å². The van der Waals surface area contributed by atoms with Gasteiger partial charge in [0.2, 0.25) is 0 Å². The van der Waals surface area contributed by atoms with Crippen molar-refractivity contribution in [3.63, 3.8) is 0 Å². The van der Waals surface area contributed by atoms with Crippen LogP contribution in [0.15, 0.2) is 53.2 Å². The smallest absolute Gasteiger partial charge is 0.331 e. The first-order chi connectivity index (χ1) is 13.0. The molecule has 9 heteroatoms. The van der Waals surface area contributed by atoms with Gasteiger partial charge in [0.1, 0.15) is 0 Å². The maximum absolute atomic E-state index is 11.7. The van der Waals surface area contributed by atoms with Gasteiger partial charge < -0.3 is 9.15 Å². The van der Waals surface area contributed by atoms with Gasteiger partial charge >= 0.3 is 11.9 Å². The predicted molar refractivity (Wildman–Crippen MR) is 101 cm³/mol. The van der Waals surface area contributed by atoms with Crippen molar-refractivity contribution in [3.8, 4) is 0 Å². The monoisotopic (exact) mass is 404 g/mol. The number of amides is 2. The lowest BCUT2D eigenvalue weighted by atomic mass is 10.2. The van der Waals surface area contributed by atoms with Crippen LogP contribution in [-0.2, 0) is 14.3 Å². The lowest BCUT2D eigenvalue weighted by Crippen LogP contribution is -2.43. The van der Waals surface area contributed by atoms with Gasteiger partial charge in [-0.15, -0.1) is 11.3 Å². The van der Waals surface area contributed by atoms with Crippen LogP contribution in [0.4, 0.5) is 0 Å². The summed E-state index contributed by atoms with van der Waals surface area (Å²) in [6, 6.07) is 10.6. The van der Waals surface area contributed by atoms with Crippen LogP contribution < -0.4 is 10.9 Å². The average Bonchev–Trinajstić information content (AvgIpc) is 3.32. The topological polar surface area (TPSA) is 97.6 Å². The highest BCUT2D eigenvalue weighted by Gasteiger charge is 2.11. The second-order valence-corrected chi connectivity index (χ2v) is 6.66. The molecule has 0 bridgehead atoms. The van der Waals surface area contributed by atoms with E-state index in [9.17, 15) is 14.4 Å². The van der Waals surface area contributed by atoms with Crippen LogP contribution in [0.3, 0.4) is 0 Å². The van der Waals surface area contributed by atoms with Crippen LogP contribution in [0.5, 0.6) is 0 Å². The number of ether oxygens (including phenoxy) is 1. The number of furan rings is 1. The fraction of sp³-hybridized carbons (Fsp3) is 0.0556. The molecule has 0 aliphatic rings. The molecular weight excluding hydrogens is 392 g/mol. The van der Waals surface area contributed by atoms with E-state index in [0.717, 1.165) is 10.1 Å². The molecule has 0 aliphatic carbocycles. The molecule has 27 heavy (non-hydrogen) atoms. The van der Waals surface area contributed by atoms with E-state index in [0.29, 0.717) is 9.90 Å². The van der Waals surface area contributed by atoms with Crippen LogP contribution in [0.25, 0.3) is 16.2 Å². The molecule has 0 fully saturated rings. The Morgan fingerprint density at radius 3 is 2.70 bits per heavy atom. The third kappa shape index (κ3) is 4.75. The van der Waals surface area contributed by atoms with Crippen molar-refractivity contribution in [2.75, 3.05) is 6.61 Å². The Balaban J connectivity index is 1.47. The number of fused-ring (bicyclic) bond motifs is 1. The molecule has 2 aromatic heterocycles. The summed E-state index contributed by atoms with van der Waals surface area (Å²) < 4.78 is 10.7. The van der Waals surface area contributed by atoms with Gasteiger partial charge in [0.05, 0.1) is 11.3 Å². The van der Waals surface area contributed by atoms with Crippen molar-refractivity contribution in [1.29, 1.82) is 0 Å². The first kappa shape index (κ1) is 18.7. The second kappa shape index (κ2) is 8.52. The highest BCUT2D eigenvalue weighted by atomic mass is 35.5. The third-order valence-electron chi connectivity index (χ3n) is 3.34. The molecule has 2 amide bonds. The van der Waals surface area contributed by atoms with Gasteiger partial charge in [-0.2, -0.15) is 0 Å². The number of thiophene rings is 1. The molecule has 2 heterocycles. The average molecular weight is 405 g/mol. The molecule has 0 saturated carbocycles. The molecule has 0 spiro atoms. The summed E-state index contributed by atoms with van der Waals surface area (Å²) in [7, 11) is 0. The Labute approximate surface area is 162 Å². The van der Waals surface area contributed by atoms with E-state index in [1.165, 1.54) is 41.9 Å². The Hall–Kier alpha value is -3.10. The Morgan fingerprint density at radius 1 is 1.15 bits per heavy atom. The summed E-state index contributed by atoms with van der Waals surface area (Å²) >= 11 is 7.71. The SMILES string of the molecule is O=C(COC(=O)/C=C/c1sc2ccccc2c1Cl)NNC(=O)c1ccco1. The van der Waals surface area contributed by atoms with Crippen molar-refractivity contribution >= 4 is 56.9 Å². The van der Waals surface area contributed by atoms with E-state index in [-0.39, 0.29) is 5.76 Å². The number of carbonyl (C=O) groups excluding carboxylic acids is 3. The molecule has 0 unspecified atom stereocenters. The Bertz CT molecular complexity index is 1010. The quantitative estimate of drug-likeness (QED) is 0.386. The number of hydrogen-bond acceptors (Lipinski definition) is 6. The molecule has 0 aliphatic heterocycles. The zero-order valence-corrected chi connectivity index (χ0v) is 15.3. The van der Waals surface area contributed by atoms with Crippen molar-refractivity contribution in [2.24, 2.45) is 0 Å². The van der Waals surface area contributed by atoms with Gasteiger partial charge in [-0.05, 0) is 24.3 Å². The number of rotatable bonds is 5. The molecule has 3 rings (SSSR count). The van der Waals surface area contributed by atoms with E-state index in [1.807, 2.05) is 24.3 Å². The molecule has 0 atom stereocenters. The Morgan fingerprint density at radius 2 is 1.96 bits per heavy atom. The number of esters is 1. The van der Waals surface area contributed by atoms with Crippen LogP contribution in [-0.4, -0.2) is 24.4 Å². The number of nitrogens with one attached hydrogen (secondary N) is 2. The van der Waals surface area contributed by atoms with Crippen LogP contribution in [0.2, 0.25) is 5.02 Å². The number of hydrazine groups is 1. The summed E-state index contributed by atoms with van der Waals surface area (Å²) in [5.74, 6) is -2.00. The van der Waals surface area contributed by atoms with Crippen molar-refractivity contribution < 1.29 is 23.5 Å². The van der Waals surface area contributed by atoms with Gasteiger partial charge in [0.25, 0.3) is 5.91 Å². The lowest BCUT2D eigenvalue weighted by Gasteiger charge is -2.05. The van der Waals surface area contributed by atoms with Gasteiger partial charge in [-0.1, -0.05) is 29.8 Å². The zero-order valence-electron chi connectivity index (χ0n) is 13.7. The molecular formula is C18H13ClN2O5S. The van der Waals surface area contributed by atoms with Gasteiger partial charge in [0, 0.05) is 21.0 Å². The zero-order chi connectivity index (χ0) is 19.2. The van der Waals surface area contributed by atoms with Crippen LogP contribution in [0, 0.1) is 0 Å². The minimum Gasteiger partial charge on any atom is -0.459 e. The molecule has 2 N–H and O–H groups in total. The van der Waals surface area contributed by atoms with Gasteiger partial charge in [-0.25, -0.2) is 4.79 Å². The number of hydrogen-bond donors (Lipinski definition) is 2. The summed E-state index contributed by atoms with van der Waals surface area (Å²) in [4.78, 5) is 35.6. The van der Waals surface area contributed by atoms with Crippen LogP contribution in [0.1, 0.15) is 15.4 Å². The number of halogens is 1.